The van der Waals surface area contributed by atoms with Crippen molar-refractivity contribution in [2.24, 2.45) is 0 Å². The molecule has 0 saturated heterocycles. The minimum absolute atomic E-state index is 0.178. The van der Waals surface area contributed by atoms with Gasteiger partial charge in [0, 0.05) is 6.54 Å². The molecule has 6 heteroatoms. The summed E-state index contributed by atoms with van der Waals surface area (Å²) in [6, 6.07) is 11.9. The molecule has 0 aliphatic rings. The van der Waals surface area contributed by atoms with Gasteiger partial charge in [-0.1, -0.05) is 35.6 Å². The summed E-state index contributed by atoms with van der Waals surface area (Å²) in [5.74, 6) is 1.81. The van der Waals surface area contributed by atoms with Crippen LogP contribution < -0.4 is 11.1 Å². The van der Waals surface area contributed by atoms with E-state index in [9.17, 15) is 9.90 Å². The number of phenols is 1. The van der Waals surface area contributed by atoms with Crippen molar-refractivity contribution in [1.29, 1.82) is 0 Å². The molecular formula is C20H19N3O2S. The van der Waals surface area contributed by atoms with Gasteiger partial charge in [0.25, 0.3) is 5.91 Å². The van der Waals surface area contributed by atoms with Gasteiger partial charge in [0.05, 0.1) is 4.70 Å². The Morgan fingerprint density at radius 3 is 2.81 bits per heavy atom. The van der Waals surface area contributed by atoms with Gasteiger partial charge in [-0.25, -0.2) is 4.98 Å². The summed E-state index contributed by atoms with van der Waals surface area (Å²) in [5.41, 5.74) is 9.56. The zero-order chi connectivity index (χ0) is 18.5. The van der Waals surface area contributed by atoms with Crippen molar-refractivity contribution < 1.29 is 9.90 Å². The Hall–Kier alpha value is -3.04. The molecule has 5 nitrogen and oxygen atoms in total. The molecule has 3 rings (SSSR count). The van der Waals surface area contributed by atoms with Crippen LogP contribution >= 0.6 is 11.3 Å². The van der Waals surface area contributed by atoms with Gasteiger partial charge in [-0.05, 0) is 54.0 Å². The molecule has 0 saturated carbocycles. The maximum atomic E-state index is 11.1. The number of benzene rings is 2. The summed E-state index contributed by atoms with van der Waals surface area (Å²) in [6.45, 7) is 0.425. The molecule has 0 aliphatic carbocycles. The van der Waals surface area contributed by atoms with Crippen molar-refractivity contribution in [3.05, 3.63) is 53.1 Å². The molecule has 3 aromatic rings. The molecular weight excluding hydrogens is 346 g/mol. The van der Waals surface area contributed by atoms with E-state index in [1.165, 1.54) is 16.9 Å². The molecule has 1 aromatic heterocycles. The quantitative estimate of drug-likeness (QED) is 0.586. The van der Waals surface area contributed by atoms with Crippen LogP contribution in [-0.4, -0.2) is 16.0 Å². The average molecular weight is 365 g/mol. The molecule has 0 radical (unpaired) electrons. The fourth-order valence-corrected chi connectivity index (χ4v) is 3.67. The number of amides is 1. The van der Waals surface area contributed by atoms with Gasteiger partial charge in [-0.2, -0.15) is 0 Å². The second kappa shape index (κ2) is 7.89. The van der Waals surface area contributed by atoms with E-state index in [0.717, 1.165) is 35.1 Å². The predicted octanol–water partition coefficient (Wildman–Crippen LogP) is 3.01. The van der Waals surface area contributed by atoms with Crippen LogP contribution in [0, 0.1) is 12.3 Å². The summed E-state index contributed by atoms with van der Waals surface area (Å²) in [6.07, 6.45) is 7.74. The van der Waals surface area contributed by atoms with Crippen LogP contribution in [0.1, 0.15) is 23.1 Å². The van der Waals surface area contributed by atoms with Crippen LogP contribution in [0.2, 0.25) is 0 Å². The summed E-state index contributed by atoms with van der Waals surface area (Å²) in [7, 11) is 0. The number of rotatable bonds is 6. The number of carbonyl (C=O) groups is 1. The Labute approximate surface area is 155 Å². The Morgan fingerprint density at radius 2 is 2.00 bits per heavy atom. The third kappa shape index (κ3) is 4.32. The van der Waals surface area contributed by atoms with Gasteiger partial charge >= 0.3 is 0 Å². The van der Waals surface area contributed by atoms with E-state index in [-0.39, 0.29) is 5.75 Å². The lowest BCUT2D eigenvalue weighted by Gasteiger charge is -2.07. The molecule has 0 unspecified atom stereocenters. The third-order valence-electron chi connectivity index (χ3n) is 4.06. The first-order valence-corrected chi connectivity index (χ1v) is 9.07. The lowest BCUT2D eigenvalue weighted by atomic mass is 10.0. The van der Waals surface area contributed by atoms with Crippen molar-refractivity contribution in [1.82, 2.24) is 10.3 Å². The molecule has 1 amide bonds. The number of aryl methyl sites for hydroxylation is 2. The Morgan fingerprint density at radius 1 is 1.23 bits per heavy atom. The summed E-state index contributed by atoms with van der Waals surface area (Å²) < 4.78 is 0.906. The van der Waals surface area contributed by atoms with E-state index in [1.807, 2.05) is 24.1 Å². The molecule has 0 spiro atoms. The smallest absolute Gasteiger partial charge is 0.295 e. The number of phenolic OH excluding ortho intramolecular Hbond substituents is 1. The second-order valence-corrected chi connectivity index (χ2v) is 7.08. The van der Waals surface area contributed by atoms with Crippen molar-refractivity contribution in [2.45, 2.75) is 25.8 Å². The zero-order valence-electron chi connectivity index (χ0n) is 14.2. The maximum Gasteiger partial charge on any atom is 0.295 e. The van der Waals surface area contributed by atoms with Crippen LogP contribution in [0.5, 0.6) is 5.75 Å². The number of aromatic hydroxyl groups is 1. The Bertz CT molecular complexity index is 988. The topological polar surface area (TPSA) is 88.2 Å². The van der Waals surface area contributed by atoms with E-state index in [1.54, 1.807) is 6.07 Å². The lowest BCUT2D eigenvalue weighted by Crippen LogP contribution is -2.20. The summed E-state index contributed by atoms with van der Waals surface area (Å²) in [5, 5.41) is 13.2. The minimum Gasteiger partial charge on any atom is -0.506 e. The van der Waals surface area contributed by atoms with E-state index < -0.39 is 5.91 Å². The summed E-state index contributed by atoms with van der Waals surface area (Å²) in [4.78, 5) is 15.3. The van der Waals surface area contributed by atoms with Crippen molar-refractivity contribution in [3.63, 3.8) is 0 Å². The number of nitrogens with one attached hydrogen (secondary N) is 1. The van der Waals surface area contributed by atoms with Crippen LogP contribution in [0.15, 0.2) is 36.4 Å². The van der Waals surface area contributed by atoms with Crippen molar-refractivity contribution in [2.75, 3.05) is 5.73 Å². The molecule has 0 atom stereocenters. The highest BCUT2D eigenvalue weighted by Crippen LogP contribution is 2.32. The largest absolute Gasteiger partial charge is 0.506 e. The number of nitrogen functional groups attached to an aromatic ring is 1. The van der Waals surface area contributed by atoms with Gasteiger partial charge in [-0.3, -0.25) is 4.79 Å². The minimum atomic E-state index is -0.408. The monoisotopic (exact) mass is 365 g/mol. The van der Waals surface area contributed by atoms with Gasteiger partial charge in [-0.15, -0.1) is 6.42 Å². The first kappa shape index (κ1) is 17.8. The van der Waals surface area contributed by atoms with E-state index in [0.29, 0.717) is 17.2 Å². The van der Waals surface area contributed by atoms with Crippen molar-refractivity contribution >= 4 is 32.6 Å². The van der Waals surface area contributed by atoms with Gasteiger partial charge in [0.1, 0.15) is 11.3 Å². The third-order valence-corrected chi connectivity index (χ3v) is 4.89. The molecule has 26 heavy (non-hydrogen) atoms. The van der Waals surface area contributed by atoms with Gasteiger partial charge in [0.2, 0.25) is 0 Å². The molecule has 132 valence electrons. The molecule has 2 aromatic carbocycles. The van der Waals surface area contributed by atoms with Gasteiger partial charge in [0.15, 0.2) is 5.13 Å². The van der Waals surface area contributed by atoms with Crippen LogP contribution in [0.3, 0.4) is 0 Å². The highest BCUT2D eigenvalue weighted by Gasteiger charge is 2.08. The maximum absolute atomic E-state index is 11.1. The average Bonchev–Trinajstić information content (AvgIpc) is 3.01. The van der Waals surface area contributed by atoms with E-state index in [4.69, 9.17) is 12.2 Å². The Balaban J connectivity index is 1.59. The number of nitrogens with two attached hydrogens (primary N) is 1. The van der Waals surface area contributed by atoms with E-state index in [2.05, 4.69) is 22.4 Å². The number of terminal acetylenes is 1. The molecule has 4 N–H and O–H groups in total. The lowest BCUT2D eigenvalue weighted by molar-refractivity contribution is -0.115. The number of aromatic nitrogens is 1. The second-order valence-electron chi connectivity index (χ2n) is 6.01. The predicted molar refractivity (Wildman–Crippen MR) is 105 cm³/mol. The number of nitrogens with zero attached hydrogens (tertiary/aromatic N) is 1. The SMILES string of the molecule is C#CC(=O)NCc1cccc(CCCc2cc(O)c3nc(N)sc3c2)c1. The molecule has 0 fully saturated rings. The van der Waals surface area contributed by atoms with Gasteiger partial charge < -0.3 is 16.2 Å². The fourth-order valence-electron chi connectivity index (χ4n) is 2.85. The summed E-state index contributed by atoms with van der Waals surface area (Å²) >= 11 is 1.38. The van der Waals surface area contributed by atoms with Crippen LogP contribution in [0.4, 0.5) is 5.13 Å². The van der Waals surface area contributed by atoms with Crippen LogP contribution in [0.25, 0.3) is 10.2 Å². The number of hydrogen-bond donors (Lipinski definition) is 3. The number of anilines is 1. The van der Waals surface area contributed by atoms with Crippen molar-refractivity contribution in [3.8, 4) is 18.1 Å². The number of carbonyl (C=O) groups excluding carboxylic acids is 1. The zero-order valence-corrected chi connectivity index (χ0v) is 15.0. The molecule has 1 heterocycles. The standard InChI is InChI=1S/C20H19N3O2S/c1-2-18(25)22-12-15-8-4-6-13(9-15)5-3-7-14-10-16(24)19-17(11-14)26-20(21)23-19/h1,4,6,8-11,24H,3,5,7,12H2,(H2,21,23)(H,22,25). The normalized spacial score (nSPS) is 10.6. The number of fused-ring (bicyclic) bond motifs is 1. The van der Waals surface area contributed by atoms with E-state index >= 15 is 0 Å². The highest BCUT2D eigenvalue weighted by molar-refractivity contribution is 7.22. The first-order valence-electron chi connectivity index (χ1n) is 8.25. The molecule has 0 aliphatic heterocycles. The number of hydrogen-bond acceptors (Lipinski definition) is 5. The first-order chi connectivity index (χ1) is 12.5. The highest BCUT2D eigenvalue weighted by atomic mass is 32.1. The number of thiazole rings is 1. The fraction of sp³-hybridized carbons (Fsp3) is 0.200. The Kier molecular flexibility index (Phi) is 5.40. The molecule has 0 bridgehead atoms. The van der Waals surface area contributed by atoms with Crippen LogP contribution in [-0.2, 0) is 24.2 Å².